The summed E-state index contributed by atoms with van der Waals surface area (Å²) in [5, 5.41) is 24.9. The summed E-state index contributed by atoms with van der Waals surface area (Å²) in [6.45, 7) is 29.0. The van der Waals surface area contributed by atoms with Crippen LogP contribution in [-0.4, -0.2) is 58.1 Å². The number of ether oxygens (including phenoxy) is 1. The number of methoxy groups -OCH3 is 1. The van der Waals surface area contributed by atoms with Gasteiger partial charge in [0.15, 0.2) is 0 Å². The zero-order valence-corrected chi connectivity index (χ0v) is 37.7. The summed E-state index contributed by atoms with van der Waals surface area (Å²) in [5.74, 6) is -4.72. The van der Waals surface area contributed by atoms with Gasteiger partial charge in [0, 0.05) is 11.8 Å². The molecule has 0 radical (unpaired) electrons. The van der Waals surface area contributed by atoms with Gasteiger partial charge < -0.3 is 20.1 Å². The van der Waals surface area contributed by atoms with Gasteiger partial charge in [-0.2, -0.15) is 0 Å². The first kappa shape index (κ1) is 106. The first-order valence-corrected chi connectivity index (χ1v) is 20.0. The lowest BCUT2D eigenvalue weighted by Crippen LogP contribution is -2.30. The number of benzene rings is 2. The average Bonchev–Trinajstić information content (AvgIpc) is 3.38. The maximum absolute atomic E-state index is 11.8. The highest BCUT2D eigenvalue weighted by atomic mass is 16.5. The third-order valence-corrected chi connectivity index (χ3v) is 10.2. The molecule has 2 aromatic carbocycles. The highest BCUT2D eigenvalue weighted by molar-refractivity contribution is 6.21. The quantitative estimate of drug-likeness (QED) is 0.153. The molecule has 6 atom stereocenters. The molecule has 3 rings (SSSR count). The molecule has 69 heavy (non-hydrogen) atoms. The van der Waals surface area contributed by atoms with Crippen molar-refractivity contribution >= 4 is 41.4 Å². The molecule has 0 bridgehead atoms. The van der Waals surface area contributed by atoms with Crippen molar-refractivity contribution < 1.29 is 48.8 Å². The molecule has 1 heterocycles. The smallest absolute Gasteiger partial charge is 0.311 e. The van der Waals surface area contributed by atoms with Crippen molar-refractivity contribution in [1.82, 2.24) is 0 Å². The van der Waals surface area contributed by atoms with E-state index in [1.807, 2.05) is 45.9 Å². The Morgan fingerprint density at radius 1 is 0.551 bits per heavy atom. The van der Waals surface area contributed by atoms with Crippen LogP contribution in [0.4, 0.5) is 5.69 Å². The number of anilines is 1. The van der Waals surface area contributed by atoms with Crippen molar-refractivity contribution in [2.75, 3.05) is 12.0 Å². The normalized spacial score (nSPS) is 13.7. The molecule has 1 aliphatic heterocycles. The number of aliphatic carboxylic acids is 3. The molecule has 11 heteroatoms. The highest BCUT2D eigenvalue weighted by Crippen LogP contribution is 2.30. The molecule has 3 N–H and O–H groups in total. The fraction of sp³-hybridized carbons (Fsp3) is 0.690. The van der Waals surface area contributed by atoms with Crippen LogP contribution in [-0.2, 0) is 33.5 Å². The molecule has 2 amide bonds. The number of carboxylic acid groups (broad SMARTS) is 3. The molecule has 1 aliphatic rings. The molecule has 0 aliphatic carbocycles. The van der Waals surface area contributed by atoms with Crippen molar-refractivity contribution in [2.24, 2.45) is 40.4 Å². The zero-order valence-electron chi connectivity index (χ0n) is 37.7. The number of carbonyl (C=O) groups is 6. The van der Waals surface area contributed by atoms with Crippen LogP contribution in [0.25, 0.3) is 0 Å². The topological polar surface area (TPSA) is 176 Å². The Kier molecular flexibility index (Phi) is 83.7. The average molecular weight is 995 g/mol. The second kappa shape index (κ2) is 54.4. The van der Waals surface area contributed by atoms with Gasteiger partial charge in [0.2, 0.25) is 11.8 Å². The Labute approximate surface area is 432 Å². The molecular weight excluding hydrogens is 871 g/mol. The molecule has 11 nitrogen and oxygen atoms in total. The Balaban J connectivity index is -0.0000000385. The lowest BCUT2D eigenvalue weighted by molar-refractivity contribution is -0.152. The van der Waals surface area contributed by atoms with Crippen molar-refractivity contribution in [3.63, 3.8) is 0 Å². The summed E-state index contributed by atoms with van der Waals surface area (Å²) in [5.41, 5.74) is 2.35. The number of hydrogen-bond donors (Lipinski definition) is 3. The van der Waals surface area contributed by atoms with Gasteiger partial charge in [-0.1, -0.05) is 234 Å². The van der Waals surface area contributed by atoms with E-state index in [0.717, 1.165) is 12.8 Å². The van der Waals surface area contributed by atoms with Crippen LogP contribution in [0.5, 0.6) is 0 Å². The van der Waals surface area contributed by atoms with E-state index in [0.29, 0.717) is 17.0 Å². The number of rotatable bonds is 10. The number of hydrogen-bond acceptors (Lipinski definition) is 7. The van der Waals surface area contributed by atoms with Crippen LogP contribution in [0.3, 0.4) is 0 Å². The van der Waals surface area contributed by atoms with Crippen LogP contribution in [0, 0.1) is 40.4 Å². The van der Waals surface area contributed by atoms with Gasteiger partial charge in [-0.25, -0.2) is 0 Å². The number of imide groups is 1. The Hall–Kier alpha value is -4.54. The molecule has 6 unspecified atom stereocenters. The Morgan fingerprint density at radius 2 is 0.855 bits per heavy atom. The maximum Gasteiger partial charge on any atom is 0.311 e. The number of amides is 2. The third kappa shape index (κ3) is 44.4. The molecule has 1 saturated heterocycles. The lowest BCUT2D eigenvalue weighted by Gasteiger charge is -2.17. The number of esters is 1. The predicted molar refractivity (Wildman–Crippen MR) is 310 cm³/mol. The molecule has 1 fully saturated rings. The summed E-state index contributed by atoms with van der Waals surface area (Å²) < 4.78 is 4.57. The van der Waals surface area contributed by atoms with E-state index in [9.17, 15) is 28.8 Å². The first-order chi connectivity index (χ1) is 26.2. The van der Waals surface area contributed by atoms with Crippen molar-refractivity contribution in [2.45, 2.75) is 225 Å². The van der Waals surface area contributed by atoms with Crippen LogP contribution in [0.15, 0.2) is 60.7 Å². The molecule has 420 valence electrons. The number of carbonyl (C=O) groups excluding carboxylic acids is 3. The zero-order chi connectivity index (χ0) is 45.3. The van der Waals surface area contributed by atoms with E-state index in [4.69, 9.17) is 15.3 Å². The minimum atomic E-state index is -1.07. The van der Waals surface area contributed by atoms with Gasteiger partial charge in [0.25, 0.3) is 0 Å². The largest absolute Gasteiger partial charge is 0.481 e. The minimum absolute atomic E-state index is 0. The summed E-state index contributed by atoms with van der Waals surface area (Å²) in [4.78, 5) is 66.1. The third-order valence-electron chi connectivity index (χ3n) is 10.2. The second-order valence-corrected chi connectivity index (χ2v) is 16.2. The van der Waals surface area contributed by atoms with Gasteiger partial charge in [-0.3, -0.25) is 33.7 Å². The maximum atomic E-state index is 11.8. The fourth-order valence-corrected chi connectivity index (χ4v) is 3.82. The van der Waals surface area contributed by atoms with Crippen molar-refractivity contribution in [1.29, 1.82) is 0 Å². The molecule has 0 spiro atoms. The van der Waals surface area contributed by atoms with E-state index < -0.39 is 29.7 Å². The lowest BCUT2D eigenvalue weighted by atomic mass is 9.91. The number of para-hydroxylation sites is 1. The Morgan fingerprint density at radius 3 is 1.04 bits per heavy atom. The van der Waals surface area contributed by atoms with Crippen molar-refractivity contribution in [3.8, 4) is 0 Å². The molecule has 2 aromatic rings. The van der Waals surface area contributed by atoms with Crippen LogP contribution in [0.1, 0.15) is 230 Å². The van der Waals surface area contributed by atoms with Gasteiger partial charge in [-0.15, -0.1) is 0 Å². The summed E-state index contributed by atoms with van der Waals surface area (Å²) in [6, 6.07) is 19.7. The van der Waals surface area contributed by atoms with Crippen LogP contribution in [0.2, 0.25) is 0 Å². The van der Waals surface area contributed by atoms with E-state index >= 15 is 0 Å². The standard InChI is InChI=1S/C12H13NO2.C10H14.C7H14O2.C6H10O4.C6H14.C5H10O2.12CH4/c1-8-9(2)12(15)13(11(8)14)10-6-4-3-5-7-10;1-3-9(2)10-7-5-4-6-8-10;1-5-7(2,3)6(8)9-4;1-3(5(7)8)4(2)6(9)10;1-5-6(2,3)4;1-3-4(2)5(6)7;;;;;;;;;;;;/h3-9H,1-2H3;4-9H,3H2,1-2H3;5H2,1-4H3;3-4H,1-2H3,(H,7,8)(H,9,10);5H2,1-4H3;4H,3H2,1-2H3,(H,6,7);12*1H4. The van der Waals surface area contributed by atoms with Gasteiger partial charge >= 0.3 is 23.9 Å². The van der Waals surface area contributed by atoms with Gasteiger partial charge in [0.1, 0.15) is 0 Å². The minimum Gasteiger partial charge on any atom is -0.481 e. The predicted octanol–water partition coefficient (Wildman–Crippen LogP) is 18.2. The fourth-order valence-electron chi connectivity index (χ4n) is 3.82. The SMILES string of the molecule is C.C.C.C.C.C.C.C.C.C.C.C.CC(C(=O)O)C(C)C(=O)O.CC1C(=O)N(c2ccccc2)C(=O)C1C.CCC(C)(C)C.CCC(C)(C)C(=O)OC.CCC(C)C(=O)O.CCC(C)c1ccccc1. The summed E-state index contributed by atoms with van der Waals surface area (Å²) >= 11 is 0. The van der Waals surface area contributed by atoms with E-state index in [1.165, 1.54) is 44.3 Å². The van der Waals surface area contributed by atoms with Gasteiger partial charge in [-0.05, 0) is 62.1 Å². The number of carboxylic acids is 3. The number of nitrogens with zero attached hydrogens (tertiary/aromatic N) is 1. The van der Waals surface area contributed by atoms with E-state index in [1.54, 1.807) is 32.9 Å². The summed E-state index contributed by atoms with van der Waals surface area (Å²) in [6.07, 6.45) is 4.03. The van der Waals surface area contributed by atoms with E-state index in [2.05, 4.69) is 76.6 Å². The Bertz CT molecular complexity index is 1430. The first-order valence-electron chi connectivity index (χ1n) is 20.0. The summed E-state index contributed by atoms with van der Waals surface area (Å²) in [7, 11) is 1.42. The monoisotopic (exact) mass is 994 g/mol. The van der Waals surface area contributed by atoms with Crippen molar-refractivity contribution in [3.05, 3.63) is 66.2 Å². The molecular formula is C58H123NO10. The molecule has 0 aromatic heterocycles. The van der Waals surface area contributed by atoms with E-state index in [-0.39, 0.29) is 130 Å². The van der Waals surface area contributed by atoms with Gasteiger partial charge in [0.05, 0.1) is 36.0 Å². The second-order valence-electron chi connectivity index (χ2n) is 16.2. The van der Waals surface area contributed by atoms with Crippen LogP contribution >= 0.6 is 0 Å². The molecule has 0 saturated carbocycles. The highest BCUT2D eigenvalue weighted by Gasteiger charge is 2.42. The van der Waals surface area contributed by atoms with Crippen LogP contribution < -0.4 is 4.90 Å².